The Morgan fingerprint density at radius 1 is 1.07 bits per heavy atom. The molecule has 56 heavy (non-hydrogen) atoms. The minimum absolute atomic E-state index is 0.0138. The van der Waals surface area contributed by atoms with Gasteiger partial charge in [-0.15, -0.1) is 0 Å². The summed E-state index contributed by atoms with van der Waals surface area (Å²) in [5.74, 6) is -5.29. The molecular weight excluding hydrogens is 718 g/mol. The molecule has 3 fully saturated rings. The van der Waals surface area contributed by atoms with Gasteiger partial charge in [0.25, 0.3) is 5.91 Å². The summed E-state index contributed by atoms with van der Waals surface area (Å²) in [7, 11) is 3.75. The van der Waals surface area contributed by atoms with Gasteiger partial charge in [-0.05, 0) is 78.1 Å². The molecule has 1 amide bonds. The molecule has 13 heteroatoms. The smallest absolute Gasteiger partial charge is 0.316 e. The lowest BCUT2D eigenvalue weighted by Crippen LogP contribution is -2.60. The number of carbonyl (C=O) groups is 3. The van der Waals surface area contributed by atoms with Gasteiger partial charge in [0.15, 0.2) is 12.1 Å². The van der Waals surface area contributed by atoms with E-state index < -0.39 is 83.2 Å². The predicted octanol–water partition coefficient (Wildman–Crippen LogP) is 4.13. The van der Waals surface area contributed by atoms with Crippen molar-refractivity contribution in [1.29, 1.82) is 0 Å². The van der Waals surface area contributed by atoms with Gasteiger partial charge in [0.05, 0.1) is 43.7 Å². The van der Waals surface area contributed by atoms with E-state index in [-0.39, 0.29) is 44.7 Å². The van der Waals surface area contributed by atoms with E-state index in [4.69, 9.17) is 29.4 Å². The number of nitrogens with zero attached hydrogens (tertiary/aromatic N) is 2. The predicted molar refractivity (Wildman–Crippen MR) is 214 cm³/mol. The highest BCUT2D eigenvalue weighted by Crippen LogP contribution is 2.40. The third kappa shape index (κ3) is 10.7. The van der Waals surface area contributed by atoms with Crippen LogP contribution in [0.2, 0.25) is 0 Å². The topological polar surface area (TPSA) is 179 Å². The lowest BCUT2D eigenvalue weighted by molar-refractivity contribution is -0.296. The first-order valence-electron chi connectivity index (χ1n) is 19.9. The molecular formula is C43H65N3O10. The van der Waals surface area contributed by atoms with Crippen LogP contribution in [0, 0.1) is 23.7 Å². The van der Waals surface area contributed by atoms with Crippen molar-refractivity contribution in [2.75, 3.05) is 33.9 Å². The molecule has 0 aromatic heterocycles. The fourth-order valence-corrected chi connectivity index (χ4v) is 8.54. The van der Waals surface area contributed by atoms with Gasteiger partial charge in [0, 0.05) is 23.6 Å². The lowest BCUT2D eigenvalue weighted by atomic mass is 9.73. The highest BCUT2D eigenvalue weighted by atomic mass is 16.7. The number of esters is 1. The standard InChI is InChI=1S/C43H65N3O10/c1-11-33-43(8,51)39-27(4)35(45-34(47)22-44)25(2)21-42(7,53-24-31(23-52-39)19-15-18-30-16-13-12-14-17-30)38(28(5)36(48)29(6)40(50)55-33)56-41-37(49)32(46(9)10)20-26(3)54-41/h12-19,25-29,32-33,37-39,41,49,51H,11,20-24,44H2,1-10H3/b18-15+,31-19-,45-35?/t25?,26-,27?,28+,29-,32+,33+,37?,38?,39?,41+,42-,43-/m1/s1. The highest BCUT2D eigenvalue weighted by molar-refractivity contribution is 6.00. The van der Waals surface area contributed by atoms with E-state index in [9.17, 15) is 24.6 Å². The Balaban J connectivity index is 1.98. The summed E-state index contributed by atoms with van der Waals surface area (Å²) in [6.45, 7) is 13.6. The SMILES string of the molecule is CC[C@@H]1OC(=O)[C@H](C)C(=O)[C@H](C)C(O[C@@H]2O[C@H](C)C[C@H](N(C)C)C2O)[C@@]2(C)CC(C)C(=NC(=O)CN)C(C)C(OC/C(=C/C=C/c3ccccc3)CO2)[C@]1(C)O. The van der Waals surface area contributed by atoms with E-state index in [1.54, 1.807) is 20.8 Å². The van der Waals surface area contributed by atoms with Crippen molar-refractivity contribution >= 4 is 29.4 Å². The van der Waals surface area contributed by atoms with Crippen molar-refractivity contribution in [3.63, 3.8) is 0 Å². The number of cyclic esters (lactones) is 1. The minimum Gasteiger partial charge on any atom is -0.459 e. The first kappa shape index (κ1) is 45.6. The molecule has 0 aliphatic carbocycles. The molecule has 13 nitrogen and oxygen atoms in total. The number of nitrogens with two attached hydrogens (primary N) is 1. The fraction of sp³-hybridized carbons (Fsp3) is 0.674. The zero-order valence-electron chi connectivity index (χ0n) is 34.8. The molecule has 1 aromatic carbocycles. The third-order valence-corrected chi connectivity index (χ3v) is 11.7. The maximum absolute atomic E-state index is 14.5. The first-order chi connectivity index (χ1) is 26.3. The number of hydrogen-bond donors (Lipinski definition) is 3. The normalized spacial score (nSPS) is 39.6. The summed E-state index contributed by atoms with van der Waals surface area (Å²) < 4.78 is 32.6. The second-order valence-corrected chi connectivity index (χ2v) is 16.6. The Kier molecular flexibility index (Phi) is 15.9. The zero-order valence-corrected chi connectivity index (χ0v) is 34.8. The van der Waals surface area contributed by atoms with Gasteiger partial charge in [-0.1, -0.05) is 76.3 Å². The molecule has 5 unspecified atom stereocenters. The summed E-state index contributed by atoms with van der Waals surface area (Å²) >= 11 is 0. The average molecular weight is 784 g/mol. The van der Waals surface area contributed by atoms with Gasteiger partial charge in [0.1, 0.15) is 23.7 Å². The second kappa shape index (κ2) is 19.5. The maximum Gasteiger partial charge on any atom is 0.316 e. The number of Topliss-reactive ketones (excluding diaryl/α,β-unsaturated/α-hetero) is 1. The Bertz CT molecular complexity index is 1590. The molecule has 3 saturated heterocycles. The number of hydrogen-bond acceptors (Lipinski definition) is 12. The quantitative estimate of drug-likeness (QED) is 0.267. The van der Waals surface area contributed by atoms with Crippen LogP contribution in [0.1, 0.15) is 80.2 Å². The van der Waals surface area contributed by atoms with Crippen molar-refractivity contribution in [2.24, 2.45) is 34.4 Å². The Hall–Kier alpha value is -3.14. The number of ketones is 1. The molecule has 13 atom stereocenters. The number of aliphatic hydroxyl groups excluding tert-OH is 1. The van der Waals surface area contributed by atoms with Gasteiger partial charge in [-0.3, -0.25) is 14.4 Å². The van der Waals surface area contributed by atoms with Gasteiger partial charge in [0.2, 0.25) is 0 Å². The van der Waals surface area contributed by atoms with Crippen LogP contribution in [-0.4, -0.2) is 126 Å². The summed E-state index contributed by atoms with van der Waals surface area (Å²) in [4.78, 5) is 47.8. The summed E-state index contributed by atoms with van der Waals surface area (Å²) in [6.07, 6.45) is 0.903. The molecule has 3 aliphatic rings. The van der Waals surface area contributed by atoms with Crippen LogP contribution < -0.4 is 5.73 Å². The van der Waals surface area contributed by atoms with Crippen molar-refractivity contribution < 1.29 is 48.3 Å². The number of amides is 1. The molecule has 312 valence electrons. The highest BCUT2D eigenvalue weighted by Gasteiger charge is 2.53. The molecule has 0 radical (unpaired) electrons. The van der Waals surface area contributed by atoms with E-state index in [1.165, 1.54) is 6.92 Å². The number of rotatable bonds is 7. The number of benzene rings is 1. The summed E-state index contributed by atoms with van der Waals surface area (Å²) in [5, 5.41) is 24.1. The molecule has 2 bridgehead atoms. The largest absolute Gasteiger partial charge is 0.459 e. The number of carbonyl (C=O) groups excluding carboxylic acids is 3. The summed E-state index contributed by atoms with van der Waals surface area (Å²) in [5.41, 5.74) is 4.73. The number of likely N-dealkylation sites (N-methyl/N-ethyl adjacent to an activating group) is 1. The van der Waals surface area contributed by atoms with E-state index in [0.29, 0.717) is 17.7 Å². The monoisotopic (exact) mass is 783 g/mol. The molecule has 0 spiro atoms. The van der Waals surface area contributed by atoms with Crippen molar-refractivity contribution in [3.8, 4) is 0 Å². The third-order valence-electron chi connectivity index (χ3n) is 11.7. The van der Waals surface area contributed by atoms with E-state index >= 15 is 0 Å². The van der Waals surface area contributed by atoms with Crippen molar-refractivity contribution in [1.82, 2.24) is 4.90 Å². The zero-order chi connectivity index (χ0) is 41.5. The molecule has 3 aliphatic heterocycles. The number of allylic oxidation sites excluding steroid dienone is 2. The Labute approximate surface area is 332 Å². The average Bonchev–Trinajstić information content (AvgIpc) is 3.17. The van der Waals surface area contributed by atoms with Gasteiger partial charge < -0.3 is 44.5 Å². The van der Waals surface area contributed by atoms with Crippen molar-refractivity contribution in [3.05, 3.63) is 53.6 Å². The molecule has 3 heterocycles. The van der Waals surface area contributed by atoms with E-state index in [1.807, 2.05) is 95.3 Å². The molecule has 4 N–H and O–H groups in total. The summed E-state index contributed by atoms with van der Waals surface area (Å²) in [6, 6.07) is 9.49. The lowest BCUT2D eigenvalue weighted by Gasteiger charge is -2.47. The van der Waals surface area contributed by atoms with Crippen LogP contribution in [0.15, 0.2) is 53.0 Å². The van der Waals surface area contributed by atoms with Crippen LogP contribution in [0.4, 0.5) is 0 Å². The van der Waals surface area contributed by atoms with Gasteiger partial charge in [-0.2, -0.15) is 0 Å². The second-order valence-electron chi connectivity index (χ2n) is 16.6. The number of aliphatic imine (C=N–C) groups is 1. The number of ether oxygens (including phenoxy) is 5. The van der Waals surface area contributed by atoms with Crippen LogP contribution >= 0.6 is 0 Å². The first-order valence-corrected chi connectivity index (χ1v) is 19.9. The van der Waals surface area contributed by atoms with E-state index in [2.05, 4.69) is 4.99 Å². The van der Waals surface area contributed by atoms with Gasteiger partial charge in [-0.25, -0.2) is 4.99 Å². The Morgan fingerprint density at radius 2 is 1.75 bits per heavy atom. The fourth-order valence-electron chi connectivity index (χ4n) is 8.54. The van der Waals surface area contributed by atoms with Crippen molar-refractivity contribution in [2.45, 2.75) is 129 Å². The number of fused-ring (bicyclic) bond motifs is 5. The van der Waals surface area contributed by atoms with Crippen LogP contribution in [0.25, 0.3) is 6.08 Å². The van der Waals surface area contributed by atoms with Gasteiger partial charge >= 0.3 is 5.97 Å². The van der Waals surface area contributed by atoms with Crippen LogP contribution in [0.3, 0.4) is 0 Å². The Morgan fingerprint density at radius 3 is 2.38 bits per heavy atom. The minimum atomic E-state index is -1.81. The molecule has 4 rings (SSSR count). The number of aliphatic hydroxyl groups is 2. The van der Waals surface area contributed by atoms with E-state index in [0.717, 1.165) is 5.56 Å². The van der Waals surface area contributed by atoms with Crippen LogP contribution in [0.5, 0.6) is 0 Å². The van der Waals surface area contributed by atoms with Crippen LogP contribution in [-0.2, 0) is 38.1 Å². The molecule has 1 aromatic rings. The molecule has 0 saturated carbocycles. The maximum atomic E-state index is 14.5.